The molecule has 6 nitrogen and oxygen atoms in total. The molecule has 0 saturated heterocycles. The lowest BCUT2D eigenvalue weighted by atomic mass is 10.0. The fraction of sp³-hybridized carbons (Fsp3) is 0.105. The Morgan fingerprint density at radius 2 is 1.96 bits per heavy atom. The Morgan fingerprint density at radius 3 is 2.67 bits per heavy atom. The van der Waals surface area contributed by atoms with Gasteiger partial charge >= 0.3 is 5.97 Å². The number of anilines is 1. The normalized spacial score (nSPS) is 10.6. The third kappa shape index (κ3) is 4.30. The van der Waals surface area contributed by atoms with Crippen molar-refractivity contribution >= 4 is 51.5 Å². The van der Waals surface area contributed by atoms with Gasteiger partial charge in [-0.2, -0.15) is 0 Å². The fourth-order valence-corrected chi connectivity index (χ4v) is 3.10. The molecule has 0 fully saturated rings. The number of pyridine rings is 1. The lowest BCUT2D eigenvalue weighted by molar-refractivity contribution is -0.119. The Labute approximate surface area is 165 Å². The topological polar surface area (TPSA) is 91.3 Å². The summed E-state index contributed by atoms with van der Waals surface area (Å²) in [5.41, 5.74) is 1.37. The summed E-state index contributed by atoms with van der Waals surface area (Å²) in [7, 11) is 0. The highest BCUT2D eigenvalue weighted by molar-refractivity contribution is 6.46. The molecule has 2 aromatic carbocycles. The molecule has 0 aliphatic carbocycles. The van der Waals surface area contributed by atoms with Crippen molar-refractivity contribution in [3.63, 3.8) is 0 Å². The van der Waals surface area contributed by atoms with Crippen LogP contribution in [0.25, 0.3) is 10.8 Å². The molecule has 138 valence electrons. The van der Waals surface area contributed by atoms with Crippen LogP contribution in [-0.2, 0) is 11.3 Å². The summed E-state index contributed by atoms with van der Waals surface area (Å²) < 4.78 is 0. The zero-order chi connectivity index (χ0) is 19.4. The Morgan fingerprint density at radius 1 is 1.15 bits per heavy atom. The van der Waals surface area contributed by atoms with Crippen LogP contribution in [0.3, 0.4) is 0 Å². The number of carbonyl (C=O) groups is 2. The van der Waals surface area contributed by atoms with E-state index in [2.05, 4.69) is 15.6 Å². The van der Waals surface area contributed by atoms with Crippen LogP contribution in [0.15, 0.2) is 48.8 Å². The molecule has 0 saturated carbocycles. The minimum atomic E-state index is -1.09. The van der Waals surface area contributed by atoms with Crippen molar-refractivity contribution in [1.29, 1.82) is 0 Å². The molecule has 1 aromatic heterocycles. The number of carbonyl (C=O) groups excluding carboxylic acids is 1. The van der Waals surface area contributed by atoms with E-state index in [9.17, 15) is 14.7 Å². The van der Waals surface area contributed by atoms with Gasteiger partial charge in [-0.3, -0.25) is 9.78 Å². The largest absolute Gasteiger partial charge is 0.478 e. The van der Waals surface area contributed by atoms with Crippen molar-refractivity contribution in [3.8, 4) is 0 Å². The monoisotopic (exact) mass is 403 g/mol. The molecule has 3 aromatic rings. The number of amides is 1. The second-order valence-electron chi connectivity index (χ2n) is 5.74. The maximum Gasteiger partial charge on any atom is 0.336 e. The van der Waals surface area contributed by atoms with Crippen molar-refractivity contribution in [2.75, 3.05) is 11.9 Å². The van der Waals surface area contributed by atoms with Crippen LogP contribution in [0, 0.1) is 0 Å². The van der Waals surface area contributed by atoms with Crippen LogP contribution >= 0.6 is 23.2 Å². The molecular formula is C19H15Cl2N3O3. The van der Waals surface area contributed by atoms with Crippen LogP contribution in [-0.4, -0.2) is 28.5 Å². The van der Waals surface area contributed by atoms with Gasteiger partial charge in [0, 0.05) is 35.4 Å². The van der Waals surface area contributed by atoms with E-state index in [0.29, 0.717) is 23.0 Å². The molecule has 8 heteroatoms. The number of fused-ring (bicyclic) bond motifs is 1. The van der Waals surface area contributed by atoms with Crippen LogP contribution in [0.2, 0.25) is 10.0 Å². The number of rotatable bonds is 6. The second kappa shape index (κ2) is 8.24. The van der Waals surface area contributed by atoms with Gasteiger partial charge in [0.1, 0.15) is 0 Å². The van der Waals surface area contributed by atoms with E-state index in [4.69, 9.17) is 23.2 Å². The first-order valence-corrected chi connectivity index (χ1v) is 8.76. The van der Waals surface area contributed by atoms with Gasteiger partial charge in [0.15, 0.2) is 0 Å². The van der Waals surface area contributed by atoms with Gasteiger partial charge in [-0.15, -0.1) is 0 Å². The number of aromatic nitrogens is 1. The highest BCUT2D eigenvalue weighted by Gasteiger charge is 2.17. The molecule has 3 rings (SSSR count). The van der Waals surface area contributed by atoms with Crippen molar-refractivity contribution < 1.29 is 14.7 Å². The van der Waals surface area contributed by atoms with E-state index in [0.717, 1.165) is 5.56 Å². The first kappa shape index (κ1) is 18.9. The average molecular weight is 404 g/mol. The molecular weight excluding hydrogens is 389 g/mol. The molecule has 1 heterocycles. The summed E-state index contributed by atoms with van der Waals surface area (Å²) >= 11 is 12.4. The predicted molar refractivity (Wildman–Crippen MR) is 106 cm³/mol. The molecule has 0 spiro atoms. The number of nitrogens with one attached hydrogen (secondary N) is 2. The molecule has 0 aliphatic rings. The molecule has 0 unspecified atom stereocenters. The van der Waals surface area contributed by atoms with Gasteiger partial charge in [-0.1, -0.05) is 41.4 Å². The van der Waals surface area contributed by atoms with E-state index in [1.807, 2.05) is 6.07 Å². The lowest BCUT2D eigenvalue weighted by Gasteiger charge is -2.14. The summed E-state index contributed by atoms with van der Waals surface area (Å²) in [6, 6.07) is 9.92. The zero-order valence-electron chi connectivity index (χ0n) is 14.0. The summed E-state index contributed by atoms with van der Waals surface area (Å²) in [4.78, 5) is 27.7. The van der Waals surface area contributed by atoms with Gasteiger partial charge in [-0.05, 0) is 23.8 Å². The Bertz CT molecular complexity index is 1010. The van der Waals surface area contributed by atoms with Crippen molar-refractivity contribution in [1.82, 2.24) is 10.3 Å². The van der Waals surface area contributed by atoms with Gasteiger partial charge in [0.2, 0.25) is 5.91 Å². The minimum absolute atomic E-state index is 0.0543. The number of carboxylic acids is 1. The van der Waals surface area contributed by atoms with Gasteiger partial charge in [-0.25, -0.2) is 4.79 Å². The molecule has 0 radical (unpaired) electrons. The number of benzene rings is 2. The Kier molecular flexibility index (Phi) is 5.78. The van der Waals surface area contributed by atoms with E-state index in [-0.39, 0.29) is 28.1 Å². The fourth-order valence-electron chi connectivity index (χ4n) is 2.68. The third-order valence-corrected chi connectivity index (χ3v) is 4.74. The Balaban J connectivity index is 1.81. The number of carboxylic acid groups (broad SMARTS) is 1. The van der Waals surface area contributed by atoms with Gasteiger partial charge < -0.3 is 15.7 Å². The number of nitrogens with zero attached hydrogens (tertiary/aromatic N) is 1. The van der Waals surface area contributed by atoms with Crippen molar-refractivity contribution in [2.24, 2.45) is 0 Å². The molecule has 0 atom stereocenters. The molecule has 3 N–H and O–H groups in total. The van der Waals surface area contributed by atoms with Gasteiger partial charge in [0.05, 0.1) is 22.2 Å². The summed E-state index contributed by atoms with van der Waals surface area (Å²) in [5.74, 6) is -1.35. The molecule has 0 aliphatic heterocycles. The maximum atomic E-state index is 12.1. The van der Waals surface area contributed by atoms with Gasteiger partial charge in [0.25, 0.3) is 0 Å². The number of hydrogen-bond donors (Lipinski definition) is 3. The van der Waals surface area contributed by atoms with Crippen LogP contribution in [0.5, 0.6) is 0 Å². The average Bonchev–Trinajstić information content (AvgIpc) is 2.68. The van der Waals surface area contributed by atoms with Crippen molar-refractivity contribution in [2.45, 2.75) is 6.54 Å². The van der Waals surface area contributed by atoms with E-state index in [1.165, 1.54) is 12.1 Å². The number of hydrogen-bond acceptors (Lipinski definition) is 4. The highest BCUT2D eigenvalue weighted by Crippen LogP contribution is 2.37. The van der Waals surface area contributed by atoms with E-state index < -0.39 is 5.97 Å². The summed E-state index contributed by atoms with van der Waals surface area (Å²) in [5, 5.41) is 16.6. The zero-order valence-corrected chi connectivity index (χ0v) is 15.5. The second-order valence-corrected chi connectivity index (χ2v) is 6.53. The van der Waals surface area contributed by atoms with E-state index >= 15 is 0 Å². The number of aromatic carboxylic acids is 1. The van der Waals surface area contributed by atoms with Crippen molar-refractivity contribution in [3.05, 3.63) is 70.0 Å². The first-order valence-electron chi connectivity index (χ1n) is 8.01. The van der Waals surface area contributed by atoms with Crippen LogP contribution < -0.4 is 10.6 Å². The predicted octanol–water partition coefficient (Wildman–Crippen LogP) is 3.97. The molecule has 0 bridgehead atoms. The third-order valence-electron chi connectivity index (χ3n) is 3.93. The lowest BCUT2D eigenvalue weighted by Crippen LogP contribution is -2.29. The minimum Gasteiger partial charge on any atom is -0.478 e. The summed E-state index contributed by atoms with van der Waals surface area (Å²) in [6.07, 6.45) is 3.32. The summed E-state index contributed by atoms with van der Waals surface area (Å²) in [6.45, 7) is 0.290. The van der Waals surface area contributed by atoms with Crippen LogP contribution in [0.4, 0.5) is 5.69 Å². The molecule has 1 amide bonds. The highest BCUT2D eigenvalue weighted by atomic mass is 35.5. The van der Waals surface area contributed by atoms with E-state index in [1.54, 1.807) is 30.6 Å². The quantitative estimate of drug-likeness (QED) is 0.579. The Hall–Kier alpha value is -2.83. The molecule has 27 heavy (non-hydrogen) atoms. The first-order chi connectivity index (χ1) is 13.0. The van der Waals surface area contributed by atoms with Crippen LogP contribution in [0.1, 0.15) is 15.9 Å². The SMILES string of the molecule is O=C(CNc1cc(Cl)c(Cl)c2cccc(C(=O)O)c12)NCc1cccnc1. The maximum absolute atomic E-state index is 12.1. The number of halogens is 2. The standard InChI is InChI=1S/C19H15Cl2N3O3/c20-14-7-15(17-12(18(14)21)4-1-5-13(17)19(26)27)23-10-16(25)24-9-11-3-2-6-22-8-11/h1-8,23H,9-10H2,(H,24,25)(H,26,27). The smallest absolute Gasteiger partial charge is 0.336 e.